The van der Waals surface area contributed by atoms with Gasteiger partial charge in [-0.25, -0.2) is 4.79 Å². The summed E-state index contributed by atoms with van der Waals surface area (Å²) in [5, 5.41) is 26.3. The van der Waals surface area contributed by atoms with Crippen LogP contribution in [0.15, 0.2) is 24.3 Å². The Labute approximate surface area is 221 Å². The number of hydrogen-bond donors (Lipinski definition) is 8. The summed E-state index contributed by atoms with van der Waals surface area (Å²) in [6.45, 7) is 4.15. The summed E-state index contributed by atoms with van der Waals surface area (Å²) < 4.78 is 0. The number of carboxylic acid groups (broad SMARTS) is 1. The number of aromatic hydroxyl groups is 1. The van der Waals surface area contributed by atoms with E-state index < -0.39 is 60.2 Å². The number of benzene rings is 1. The standard InChI is InChI=1S/C25H40N6O7/c1-14(2)11-17(27)22(34)30-19(12-15-6-8-16(32)9-7-15)24(36)29-18(5-3-4-10-26)23(35)31-20(25(37)38)13-21(28)33/h6-9,14,17-20,32H,3-5,10-13,26-27H2,1-2H3,(H2,28,33)(H,29,36)(H,30,34)(H,31,35)(H,37,38). The molecular formula is C25H40N6O7. The lowest BCUT2D eigenvalue weighted by molar-refractivity contribution is -0.143. The number of primary amides is 1. The molecule has 1 aromatic carbocycles. The molecule has 38 heavy (non-hydrogen) atoms. The molecule has 13 nitrogen and oxygen atoms in total. The van der Waals surface area contributed by atoms with E-state index in [2.05, 4.69) is 16.0 Å². The summed E-state index contributed by atoms with van der Waals surface area (Å²) in [6.07, 6.45) is 0.905. The molecule has 0 aliphatic rings. The lowest BCUT2D eigenvalue weighted by Gasteiger charge is -2.25. The van der Waals surface area contributed by atoms with E-state index in [1.165, 1.54) is 12.1 Å². The number of carboxylic acids is 1. The van der Waals surface area contributed by atoms with Crippen molar-refractivity contribution in [1.29, 1.82) is 0 Å². The summed E-state index contributed by atoms with van der Waals surface area (Å²) in [6, 6.07) is 1.30. The number of amides is 4. The quantitative estimate of drug-likeness (QED) is 0.112. The maximum atomic E-state index is 13.3. The van der Waals surface area contributed by atoms with E-state index in [4.69, 9.17) is 17.2 Å². The van der Waals surface area contributed by atoms with Gasteiger partial charge in [-0.1, -0.05) is 26.0 Å². The van der Waals surface area contributed by atoms with Crippen LogP contribution in [0.1, 0.15) is 51.5 Å². The molecule has 4 atom stereocenters. The second-order valence-electron chi connectivity index (χ2n) is 9.58. The molecule has 0 fully saturated rings. The largest absolute Gasteiger partial charge is 0.508 e. The number of carbonyl (C=O) groups excluding carboxylic acids is 4. The number of carbonyl (C=O) groups is 5. The Morgan fingerprint density at radius 3 is 1.95 bits per heavy atom. The van der Waals surface area contributed by atoms with Crippen molar-refractivity contribution in [3.63, 3.8) is 0 Å². The van der Waals surface area contributed by atoms with Crippen LogP contribution in [0.5, 0.6) is 5.75 Å². The van der Waals surface area contributed by atoms with Gasteiger partial charge in [-0.3, -0.25) is 19.2 Å². The molecule has 13 heteroatoms. The number of unbranched alkanes of at least 4 members (excludes halogenated alkanes) is 1. The number of nitrogens with one attached hydrogen (secondary N) is 3. The van der Waals surface area contributed by atoms with Crippen LogP contribution in [-0.2, 0) is 30.4 Å². The minimum absolute atomic E-state index is 0.0262. The molecule has 212 valence electrons. The molecular weight excluding hydrogens is 496 g/mol. The minimum atomic E-state index is -1.57. The molecule has 0 bridgehead atoms. The van der Waals surface area contributed by atoms with Gasteiger partial charge in [-0.2, -0.15) is 0 Å². The third-order valence-electron chi connectivity index (χ3n) is 5.67. The van der Waals surface area contributed by atoms with Crippen LogP contribution in [0.4, 0.5) is 0 Å². The predicted molar refractivity (Wildman–Crippen MR) is 139 cm³/mol. The molecule has 0 saturated carbocycles. The molecule has 1 rings (SSSR count). The first-order chi connectivity index (χ1) is 17.8. The normalized spacial score (nSPS) is 14.1. The van der Waals surface area contributed by atoms with Gasteiger partial charge in [0.25, 0.3) is 0 Å². The first-order valence-electron chi connectivity index (χ1n) is 12.5. The van der Waals surface area contributed by atoms with Gasteiger partial charge in [-0.05, 0) is 55.8 Å². The van der Waals surface area contributed by atoms with Crippen molar-refractivity contribution in [3.05, 3.63) is 29.8 Å². The summed E-state index contributed by atoms with van der Waals surface area (Å²) in [7, 11) is 0. The summed E-state index contributed by atoms with van der Waals surface area (Å²) in [5.74, 6) is -4.28. The third kappa shape index (κ3) is 12.0. The topological polar surface area (TPSA) is 240 Å². The molecule has 0 saturated heterocycles. The zero-order chi connectivity index (χ0) is 28.8. The maximum Gasteiger partial charge on any atom is 0.326 e. The number of nitrogens with two attached hydrogens (primary N) is 3. The van der Waals surface area contributed by atoms with Crippen molar-refractivity contribution in [2.45, 2.75) is 76.5 Å². The highest BCUT2D eigenvalue weighted by atomic mass is 16.4. The second kappa shape index (κ2) is 16.2. The fourth-order valence-corrected chi connectivity index (χ4v) is 3.68. The lowest BCUT2D eigenvalue weighted by Crippen LogP contribution is -2.57. The molecule has 1 aromatic rings. The van der Waals surface area contributed by atoms with Crippen LogP contribution in [0.25, 0.3) is 0 Å². The predicted octanol–water partition coefficient (Wildman–Crippen LogP) is -1.15. The third-order valence-corrected chi connectivity index (χ3v) is 5.67. The van der Waals surface area contributed by atoms with Crippen molar-refractivity contribution < 1.29 is 34.2 Å². The Morgan fingerprint density at radius 2 is 1.42 bits per heavy atom. The first kappa shape index (κ1) is 32.3. The van der Waals surface area contributed by atoms with Gasteiger partial charge in [0, 0.05) is 6.42 Å². The molecule has 0 radical (unpaired) electrons. The van der Waals surface area contributed by atoms with Crippen LogP contribution in [0.2, 0.25) is 0 Å². The average molecular weight is 537 g/mol. The molecule has 0 aromatic heterocycles. The van der Waals surface area contributed by atoms with Crippen LogP contribution < -0.4 is 33.2 Å². The summed E-state index contributed by atoms with van der Waals surface area (Å²) in [4.78, 5) is 61.7. The highest BCUT2D eigenvalue weighted by Gasteiger charge is 2.31. The van der Waals surface area contributed by atoms with Gasteiger partial charge in [0.1, 0.15) is 23.9 Å². The SMILES string of the molecule is CC(C)CC(N)C(=O)NC(Cc1ccc(O)cc1)C(=O)NC(CCCCN)C(=O)NC(CC(N)=O)C(=O)O. The van der Waals surface area contributed by atoms with E-state index in [1.54, 1.807) is 12.1 Å². The van der Waals surface area contributed by atoms with Gasteiger partial charge >= 0.3 is 5.97 Å². The fourth-order valence-electron chi connectivity index (χ4n) is 3.68. The summed E-state index contributed by atoms with van der Waals surface area (Å²) in [5.41, 5.74) is 17.2. The smallest absolute Gasteiger partial charge is 0.326 e. The van der Waals surface area contributed by atoms with Crippen LogP contribution in [0.3, 0.4) is 0 Å². The van der Waals surface area contributed by atoms with Crippen molar-refractivity contribution in [3.8, 4) is 5.75 Å². The Kier molecular flexibility index (Phi) is 13.8. The van der Waals surface area contributed by atoms with E-state index in [0.29, 0.717) is 31.4 Å². The monoisotopic (exact) mass is 536 g/mol. The van der Waals surface area contributed by atoms with Crippen LogP contribution >= 0.6 is 0 Å². The molecule has 0 aliphatic heterocycles. The van der Waals surface area contributed by atoms with Crippen LogP contribution in [-0.4, -0.2) is 70.5 Å². The van der Waals surface area contributed by atoms with E-state index in [-0.39, 0.29) is 24.5 Å². The number of phenolic OH excluding ortho intramolecular Hbond substituents is 1. The molecule has 0 aliphatic carbocycles. The van der Waals surface area contributed by atoms with Crippen molar-refractivity contribution in [1.82, 2.24) is 16.0 Å². The van der Waals surface area contributed by atoms with Gasteiger partial charge in [0.15, 0.2) is 0 Å². The van der Waals surface area contributed by atoms with Gasteiger partial charge in [0.2, 0.25) is 23.6 Å². The number of rotatable bonds is 17. The van der Waals surface area contributed by atoms with E-state index in [0.717, 1.165) is 0 Å². The maximum absolute atomic E-state index is 13.3. The van der Waals surface area contributed by atoms with E-state index in [1.807, 2.05) is 13.8 Å². The molecule has 4 amide bonds. The Bertz CT molecular complexity index is 954. The molecule has 4 unspecified atom stereocenters. The second-order valence-corrected chi connectivity index (χ2v) is 9.58. The first-order valence-corrected chi connectivity index (χ1v) is 12.5. The van der Waals surface area contributed by atoms with Gasteiger partial charge in [-0.15, -0.1) is 0 Å². The average Bonchev–Trinajstić information content (AvgIpc) is 2.82. The van der Waals surface area contributed by atoms with Crippen molar-refractivity contribution in [2.75, 3.05) is 6.54 Å². The van der Waals surface area contributed by atoms with Gasteiger partial charge < -0.3 is 43.4 Å². The van der Waals surface area contributed by atoms with Crippen molar-refractivity contribution in [2.24, 2.45) is 23.1 Å². The van der Waals surface area contributed by atoms with E-state index in [9.17, 15) is 34.2 Å². The van der Waals surface area contributed by atoms with E-state index >= 15 is 0 Å². The van der Waals surface area contributed by atoms with Crippen LogP contribution in [0, 0.1) is 5.92 Å². The lowest BCUT2D eigenvalue weighted by atomic mass is 10.0. The minimum Gasteiger partial charge on any atom is -0.508 e. The van der Waals surface area contributed by atoms with Crippen molar-refractivity contribution >= 4 is 29.6 Å². The molecule has 11 N–H and O–H groups in total. The van der Waals surface area contributed by atoms with Gasteiger partial charge in [0.05, 0.1) is 12.5 Å². The number of phenols is 1. The number of hydrogen-bond acceptors (Lipinski definition) is 8. The zero-order valence-electron chi connectivity index (χ0n) is 21.8. The molecule has 0 heterocycles. The Morgan fingerprint density at radius 1 is 0.868 bits per heavy atom. The fraction of sp³-hybridized carbons (Fsp3) is 0.560. The number of aliphatic carboxylic acids is 1. The Balaban J connectivity index is 3.14. The highest BCUT2D eigenvalue weighted by Crippen LogP contribution is 2.13. The Hall–Kier alpha value is -3.71. The summed E-state index contributed by atoms with van der Waals surface area (Å²) >= 11 is 0. The molecule has 0 spiro atoms. The zero-order valence-corrected chi connectivity index (χ0v) is 21.8. The highest BCUT2D eigenvalue weighted by molar-refractivity contribution is 5.95.